The van der Waals surface area contributed by atoms with Gasteiger partial charge in [0.2, 0.25) is 0 Å². The van der Waals surface area contributed by atoms with E-state index < -0.39 is 52.2 Å². The lowest BCUT2D eigenvalue weighted by Gasteiger charge is -2.13. The van der Waals surface area contributed by atoms with Gasteiger partial charge < -0.3 is 10.5 Å². The normalized spacial score (nSPS) is 12.4. The van der Waals surface area contributed by atoms with Crippen LogP contribution in [0.1, 0.15) is 5.56 Å². The van der Waals surface area contributed by atoms with E-state index >= 15 is 0 Å². The standard InChI is InChI=1S/C15H8ClF7N2O/c16-5-13(24)25-11-3-7(17)8(18)4-12(11)26-14-9(19)1-6(2-10(14)20)15(21,22)23/h1-4H,5H2,(H2,24,25). The number of amidine groups is 1. The molecule has 0 atom stereocenters. The molecule has 0 aliphatic carbocycles. The van der Waals surface area contributed by atoms with Gasteiger partial charge in [-0.15, -0.1) is 11.6 Å². The van der Waals surface area contributed by atoms with Crippen LogP contribution in [0.5, 0.6) is 11.5 Å². The summed E-state index contributed by atoms with van der Waals surface area (Å²) in [6.45, 7) is 0. The fourth-order valence-electron chi connectivity index (χ4n) is 1.80. The number of benzene rings is 2. The molecule has 0 aliphatic rings. The van der Waals surface area contributed by atoms with Gasteiger partial charge in [-0.25, -0.2) is 22.6 Å². The molecule has 0 spiro atoms. The van der Waals surface area contributed by atoms with Gasteiger partial charge in [-0.3, -0.25) is 0 Å². The monoisotopic (exact) mass is 400 g/mol. The molecular formula is C15H8ClF7N2O. The SMILES string of the molecule is NC(CCl)=Nc1cc(F)c(F)cc1Oc1c(F)cc(C(F)(F)F)cc1F. The summed E-state index contributed by atoms with van der Waals surface area (Å²) in [7, 11) is 0. The fourth-order valence-corrected chi connectivity index (χ4v) is 1.86. The highest BCUT2D eigenvalue weighted by molar-refractivity contribution is 6.28. The smallest absolute Gasteiger partial charge is 0.416 e. The van der Waals surface area contributed by atoms with Crippen LogP contribution in [0.15, 0.2) is 29.3 Å². The maximum Gasteiger partial charge on any atom is 0.416 e. The van der Waals surface area contributed by atoms with Crippen molar-refractivity contribution in [3.05, 3.63) is 53.1 Å². The molecule has 0 amide bonds. The summed E-state index contributed by atoms with van der Waals surface area (Å²) in [5.74, 6) is -8.73. The molecule has 0 bridgehead atoms. The van der Waals surface area contributed by atoms with Crippen LogP contribution in [-0.2, 0) is 6.18 Å². The van der Waals surface area contributed by atoms with Gasteiger partial charge in [-0.05, 0) is 12.1 Å². The van der Waals surface area contributed by atoms with Crippen LogP contribution < -0.4 is 10.5 Å². The number of nitrogens with zero attached hydrogens (tertiary/aromatic N) is 1. The van der Waals surface area contributed by atoms with Gasteiger partial charge in [-0.2, -0.15) is 13.2 Å². The Labute approximate surface area is 146 Å². The molecule has 0 saturated carbocycles. The number of alkyl halides is 4. The maximum atomic E-state index is 13.9. The Morgan fingerprint density at radius 2 is 1.50 bits per heavy atom. The number of hydrogen-bond acceptors (Lipinski definition) is 2. The van der Waals surface area contributed by atoms with Crippen molar-refractivity contribution < 1.29 is 35.5 Å². The van der Waals surface area contributed by atoms with E-state index in [1.54, 1.807) is 0 Å². The molecule has 3 nitrogen and oxygen atoms in total. The summed E-state index contributed by atoms with van der Waals surface area (Å²) < 4.78 is 96.9. The van der Waals surface area contributed by atoms with Crippen molar-refractivity contribution in [3.8, 4) is 11.5 Å². The van der Waals surface area contributed by atoms with Crippen LogP contribution in [0.25, 0.3) is 0 Å². The summed E-state index contributed by atoms with van der Waals surface area (Å²) in [6, 6.07) is 0.916. The van der Waals surface area contributed by atoms with Crippen molar-refractivity contribution in [2.75, 3.05) is 5.88 Å². The Morgan fingerprint density at radius 1 is 0.962 bits per heavy atom. The van der Waals surface area contributed by atoms with Crippen LogP contribution >= 0.6 is 11.6 Å². The highest BCUT2D eigenvalue weighted by Gasteiger charge is 2.33. The molecule has 0 fully saturated rings. The van der Waals surface area contributed by atoms with Crippen molar-refractivity contribution in [3.63, 3.8) is 0 Å². The lowest BCUT2D eigenvalue weighted by molar-refractivity contribution is -0.138. The largest absolute Gasteiger partial charge is 0.449 e. The molecule has 2 N–H and O–H groups in total. The second-order valence-corrected chi connectivity index (χ2v) is 5.11. The molecule has 0 heterocycles. The zero-order chi connectivity index (χ0) is 19.6. The summed E-state index contributed by atoms with van der Waals surface area (Å²) >= 11 is 5.41. The molecule has 0 unspecified atom stereocenters. The Balaban J connectivity index is 2.53. The van der Waals surface area contributed by atoms with Crippen molar-refractivity contribution in [1.82, 2.24) is 0 Å². The van der Waals surface area contributed by atoms with Crippen molar-refractivity contribution in [1.29, 1.82) is 0 Å². The molecule has 2 rings (SSSR count). The topological polar surface area (TPSA) is 47.6 Å². The molecule has 2 aromatic carbocycles. The van der Waals surface area contributed by atoms with Gasteiger partial charge in [0.25, 0.3) is 0 Å². The molecule has 2 aromatic rings. The van der Waals surface area contributed by atoms with Crippen molar-refractivity contribution in [2.24, 2.45) is 10.7 Å². The predicted molar refractivity (Wildman–Crippen MR) is 79.8 cm³/mol. The quantitative estimate of drug-likeness (QED) is 0.328. The van der Waals surface area contributed by atoms with Crippen LogP contribution in [-0.4, -0.2) is 11.7 Å². The third kappa shape index (κ3) is 4.37. The molecule has 0 aromatic heterocycles. The first-order valence-electron chi connectivity index (χ1n) is 6.65. The molecule has 0 saturated heterocycles. The first-order chi connectivity index (χ1) is 12.0. The van der Waals surface area contributed by atoms with Gasteiger partial charge in [0.1, 0.15) is 11.5 Å². The molecule has 11 heteroatoms. The lowest BCUT2D eigenvalue weighted by atomic mass is 10.2. The summed E-state index contributed by atoms with van der Waals surface area (Å²) in [4.78, 5) is 3.60. The van der Waals surface area contributed by atoms with E-state index in [1.165, 1.54) is 0 Å². The first kappa shape index (κ1) is 19.8. The fraction of sp³-hybridized carbons (Fsp3) is 0.133. The second kappa shape index (κ2) is 7.40. The van der Waals surface area contributed by atoms with Gasteiger partial charge in [0, 0.05) is 12.1 Å². The highest BCUT2D eigenvalue weighted by Crippen LogP contribution is 2.38. The molecule has 0 radical (unpaired) electrons. The molecule has 26 heavy (non-hydrogen) atoms. The summed E-state index contributed by atoms with van der Waals surface area (Å²) in [5.41, 5.74) is 3.30. The average molecular weight is 401 g/mol. The Hall–Kier alpha value is -2.49. The number of hydrogen-bond donors (Lipinski definition) is 1. The molecular weight excluding hydrogens is 393 g/mol. The van der Waals surface area contributed by atoms with Gasteiger partial charge in [0.15, 0.2) is 34.8 Å². The van der Waals surface area contributed by atoms with E-state index in [1.807, 2.05) is 0 Å². The van der Waals surface area contributed by atoms with E-state index in [4.69, 9.17) is 22.1 Å². The summed E-state index contributed by atoms with van der Waals surface area (Å²) in [5, 5.41) is 0. The maximum absolute atomic E-state index is 13.9. The minimum atomic E-state index is -4.99. The zero-order valence-corrected chi connectivity index (χ0v) is 13.2. The summed E-state index contributed by atoms with van der Waals surface area (Å²) in [6.07, 6.45) is -4.99. The Bertz CT molecular complexity index is 845. The second-order valence-electron chi connectivity index (χ2n) is 4.84. The first-order valence-corrected chi connectivity index (χ1v) is 7.18. The van der Waals surface area contributed by atoms with E-state index in [9.17, 15) is 30.7 Å². The van der Waals surface area contributed by atoms with Crippen LogP contribution in [0.2, 0.25) is 0 Å². The van der Waals surface area contributed by atoms with Gasteiger partial charge >= 0.3 is 6.18 Å². The third-order valence-corrected chi connectivity index (χ3v) is 3.21. The van der Waals surface area contributed by atoms with Crippen LogP contribution in [0.3, 0.4) is 0 Å². The van der Waals surface area contributed by atoms with E-state index in [-0.39, 0.29) is 23.8 Å². The highest BCUT2D eigenvalue weighted by atomic mass is 35.5. The zero-order valence-electron chi connectivity index (χ0n) is 12.5. The van der Waals surface area contributed by atoms with Crippen LogP contribution in [0.4, 0.5) is 36.4 Å². The van der Waals surface area contributed by atoms with E-state index in [2.05, 4.69) is 4.99 Å². The van der Waals surface area contributed by atoms with Crippen molar-refractivity contribution in [2.45, 2.75) is 6.18 Å². The van der Waals surface area contributed by atoms with E-state index in [0.717, 1.165) is 0 Å². The van der Waals surface area contributed by atoms with Gasteiger partial charge in [0.05, 0.1) is 11.4 Å². The molecule has 140 valence electrons. The minimum Gasteiger partial charge on any atom is -0.449 e. The van der Waals surface area contributed by atoms with Gasteiger partial charge in [-0.1, -0.05) is 0 Å². The minimum absolute atomic E-state index is 0.00560. The Morgan fingerprint density at radius 3 is 2.00 bits per heavy atom. The van der Waals surface area contributed by atoms with Crippen molar-refractivity contribution >= 4 is 23.1 Å². The number of ether oxygens (including phenoxy) is 1. The molecule has 0 aliphatic heterocycles. The Kier molecular flexibility index (Phi) is 5.65. The number of nitrogens with two attached hydrogens (primary N) is 1. The van der Waals surface area contributed by atoms with E-state index in [0.29, 0.717) is 12.1 Å². The predicted octanol–water partition coefficient (Wildman–Crippen LogP) is 5.28. The number of rotatable bonds is 4. The third-order valence-electron chi connectivity index (χ3n) is 2.94. The number of aliphatic imine (C=N–C) groups is 1. The average Bonchev–Trinajstić information content (AvgIpc) is 2.53. The number of halogens is 8. The van der Waals surface area contributed by atoms with Crippen LogP contribution in [0, 0.1) is 23.3 Å². The lowest BCUT2D eigenvalue weighted by Crippen LogP contribution is -2.12.